The van der Waals surface area contributed by atoms with Gasteiger partial charge in [0.1, 0.15) is 0 Å². The van der Waals surface area contributed by atoms with E-state index in [0.717, 1.165) is 30.8 Å². The van der Waals surface area contributed by atoms with Crippen molar-refractivity contribution in [3.8, 4) is 5.69 Å². The zero-order valence-electron chi connectivity index (χ0n) is 14.7. The van der Waals surface area contributed by atoms with Crippen LogP contribution in [0, 0.1) is 0 Å². The summed E-state index contributed by atoms with van der Waals surface area (Å²) >= 11 is 7.30. The average molecular weight is 400 g/mol. The Balaban J connectivity index is 1.54. The lowest BCUT2D eigenvalue weighted by molar-refractivity contribution is -0.117. The Labute approximate surface area is 166 Å². The average Bonchev–Trinajstić information content (AvgIpc) is 3.15. The number of carbonyl (C=O) groups is 1. The van der Waals surface area contributed by atoms with Crippen LogP contribution in [0.25, 0.3) is 5.69 Å². The molecule has 0 aliphatic carbocycles. The largest absolute Gasteiger partial charge is 0.311 e. The quantitative estimate of drug-likeness (QED) is 0.625. The van der Waals surface area contributed by atoms with Crippen LogP contribution in [-0.4, -0.2) is 37.9 Å². The molecule has 27 heavy (non-hydrogen) atoms. The first-order chi connectivity index (χ1) is 13.1. The van der Waals surface area contributed by atoms with Crippen LogP contribution < -0.4 is 4.90 Å². The highest BCUT2D eigenvalue weighted by atomic mass is 35.5. The number of aryl methyl sites for hydroxylation is 1. The van der Waals surface area contributed by atoms with E-state index in [9.17, 15) is 4.79 Å². The Kier molecular flexibility index (Phi) is 5.13. The number of para-hydroxylation sites is 1. The Morgan fingerprint density at radius 3 is 2.78 bits per heavy atom. The van der Waals surface area contributed by atoms with Gasteiger partial charge in [-0.1, -0.05) is 41.6 Å². The molecule has 2 heterocycles. The lowest BCUT2D eigenvalue weighted by Gasteiger charge is -2.31. The van der Waals surface area contributed by atoms with Crippen LogP contribution in [0.4, 0.5) is 5.69 Å². The molecule has 1 amide bonds. The first kappa shape index (κ1) is 18.0. The third kappa shape index (κ3) is 3.70. The summed E-state index contributed by atoms with van der Waals surface area (Å²) in [6.45, 7) is 2.63. The zero-order valence-corrected chi connectivity index (χ0v) is 16.3. The van der Waals surface area contributed by atoms with Gasteiger partial charge < -0.3 is 4.90 Å². The normalized spacial score (nSPS) is 14.7. The lowest BCUT2D eigenvalue weighted by Crippen LogP contribution is -2.40. The number of benzene rings is 2. The Morgan fingerprint density at radius 2 is 1.96 bits per heavy atom. The fraction of sp³-hybridized carbons (Fsp3) is 0.263. The topological polar surface area (TPSA) is 63.9 Å². The molecule has 1 unspecified atom stereocenters. The number of rotatable bonds is 4. The number of hydrogen-bond acceptors (Lipinski definition) is 5. The van der Waals surface area contributed by atoms with Crippen LogP contribution in [-0.2, 0) is 11.2 Å². The van der Waals surface area contributed by atoms with Gasteiger partial charge in [0.25, 0.3) is 0 Å². The van der Waals surface area contributed by atoms with Gasteiger partial charge in [0.15, 0.2) is 0 Å². The summed E-state index contributed by atoms with van der Waals surface area (Å²) in [6, 6.07) is 15.4. The summed E-state index contributed by atoms with van der Waals surface area (Å²) in [5.41, 5.74) is 3.04. The van der Waals surface area contributed by atoms with Crippen molar-refractivity contribution in [3.05, 3.63) is 59.1 Å². The van der Waals surface area contributed by atoms with Gasteiger partial charge in [-0.3, -0.25) is 4.79 Å². The second kappa shape index (κ2) is 7.70. The summed E-state index contributed by atoms with van der Waals surface area (Å²) in [5.74, 6) is 0.0674. The summed E-state index contributed by atoms with van der Waals surface area (Å²) in [4.78, 5) is 15.0. The Morgan fingerprint density at radius 1 is 1.19 bits per heavy atom. The second-order valence-electron chi connectivity index (χ2n) is 6.33. The van der Waals surface area contributed by atoms with Gasteiger partial charge in [-0.25, -0.2) is 0 Å². The van der Waals surface area contributed by atoms with Crippen LogP contribution in [0.15, 0.2) is 53.7 Å². The highest BCUT2D eigenvalue weighted by molar-refractivity contribution is 8.00. The van der Waals surface area contributed by atoms with E-state index < -0.39 is 0 Å². The van der Waals surface area contributed by atoms with Crippen molar-refractivity contribution in [2.24, 2.45) is 0 Å². The molecule has 0 saturated carbocycles. The predicted octanol–water partition coefficient (Wildman–Crippen LogP) is 3.78. The highest BCUT2D eigenvalue weighted by Crippen LogP contribution is 2.30. The zero-order chi connectivity index (χ0) is 18.8. The minimum atomic E-state index is -0.312. The van der Waals surface area contributed by atoms with Gasteiger partial charge in [0.05, 0.1) is 10.9 Å². The Bertz CT molecular complexity index is 959. The van der Waals surface area contributed by atoms with Crippen molar-refractivity contribution in [2.75, 3.05) is 11.4 Å². The Hall–Kier alpha value is -2.38. The number of fused-ring (bicyclic) bond motifs is 1. The van der Waals surface area contributed by atoms with Crippen LogP contribution in [0.3, 0.4) is 0 Å². The van der Waals surface area contributed by atoms with E-state index in [0.29, 0.717) is 10.2 Å². The van der Waals surface area contributed by atoms with Gasteiger partial charge in [-0.15, -0.1) is 5.10 Å². The standard InChI is InChI=1S/C19H18ClN5OS/c1-13(18(26)24-12-4-6-14-5-2-3-7-17(14)24)27-19-21-22-23-25(19)16-10-8-15(20)9-11-16/h2-3,5,7-11,13H,4,6,12H2,1H3. The molecule has 8 heteroatoms. The first-order valence-electron chi connectivity index (χ1n) is 8.74. The van der Waals surface area contributed by atoms with E-state index in [1.165, 1.54) is 17.3 Å². The molecule has 0 saturated heterocycles. The highest BCUT2D eigenvalue weighted by Gasteiger charge is 2.28. The molecular weight excluding hydrogens is 382 g/mol. The number of thioether (sulfide) groups is 1. The van der Waals surface area contributed by atoms with Crippen molar-refractivity contribution in [2.45, 2.75) is 30.2 Å². The number of tetrazole rings is 1. The maximum atomic E-state index is 13.1. The fourth-order valence-corrected chi connectivity index (χ4v) is 4.18. The van der Waals surface area contributed by atoms with Gasteiger partial charge in [0.2, 0.25) is 11.1 Å². The van der Waals surface area contributed by atoms with E-state index >= 15 is 0 Å². The van der Waals surface area contributed by atoms with E-state index in [4.69, 9.17) is 11.6 Å². The number of aromatic nitrogens is 4. The summed E-state index contributed by atoms with van der Waals surface area (Å²) < 4.78 is 1.62. The number of amides is 1. The molecule has 1 aliphatic rings. The maximum Gasteiger partial charge on any atom is 0.240 e. The van der Waals surface area contributed by atoms with Crippen molar-refractivity contribution in [1.29, 1.82) is 0 Å². The van der Waals surface area contributed by atoms with Gasteiger partial charge in [-0.05, 0) is 66.1 Å². The number of halogens is 1. The van der Waals surface area contributed by atoms with Crippen LogP contribution in [0.2, 0.25) is 5.02 Å². The smallest absolute Gasteiger partial charge is 0.240 e. The van der Waals surface area contributed by atoms with Crippen LogP contribution in [0.1, 0.15) is 18.9 Å². The van der Waals surface area contributed by atoms with E-state index in [2.05, 4.69) is 21.6 Å². The summed E-state index contributed by atoms with van der Waals surface area (Å²) in [6.07, 6.45) is 1.99. The van der Waals surface area contributed by atoms with Crippen molar-refractivity contribution in [1.82, 2.24) is 20.2 Å². The summed E-state index contributed by atoms with van der Waals surface area (Å²) in [7, 11) is 0. The van der Waals surface area contributed by atoms with Crippen molar-refractivity contribution < 1.29 is 4.79 Å². The molecule has 0 fully saturated rings. The molecule has 0 spiro atoms. The minimum Gasteiger partial charge on any atom is -0.311 e. The van der Waals surface area contributed by atoms with E-state index in [1.54, 1.807) is 16.8 Å². The molecule has 1 aliphatic heterocycles. The molecule has 0 N–H and O–H groups in total. The van der Waals surface area contributed by atoms with Gasteiger partial charge >= 0.3 is 0 Å². The minimum absolute atomic E-state index is 0.0674. The SMILES string of the molecule is CC(Sc1nnnn1-c1ccc(Cl)cc1)C(=O)N1CCCc2ccccc21. The molecule has 0 bridgehead atoms. The van der Waals surface area contributed by atoms with Crippen molar-refractivity contribution >= 4 is 35.0 Å². The molecule has 0 radical (unpaired) electrons. The fourth-order valence-electron chi connectivity index (χ4n) is 3.19. The van der Waals surface area contributed by atoms with Crippen LogP contribution >= 0.6 is 23.4 Å². The number of hydrogen-bond donors (Lipinski definition) is 0. The molecular formula is C19H18ClN5OS. The van der Waals surface area contributed by atoms with E-state index in [1.807, 2.05) is 42.2 Å². The molecule has 1 atom stereocenters. The molecule has 4 rings (SSSR count). The predicted molar refractivity (Wildman–Crippen MR) is 107 cm³/mol. The second-order valence-corrected chi connectivity index (χ2v) is 8.08. The molecule has 3 aromatic rings. The lowest BCUT2D eigenvalue weighted by atomic mass is 10.0. The maximum absolute atomic E-state index is 13.1. The third-order valence-electron chi connectivity index (χ3n) is 4.52. The van der Waals surface area contributed by atoms with Gasteiger partial charge in [0, 0.05) is 17.3 Å². The van der Waals surface area contributed by atoms with Gasteiger partial charge in [-0.2, -0.15) is 4.68 Å². The third-order valence-corrected chi connectivity index (χ3v) is 5.79. The van der Waals surface area contributed by atoms with Crippen molar-refractivity contribution in [3.63, 3.8) is 0 Å². The number of carbonyl (C=O) groups excluding carboxylic acids is 1. The molecule has 1 aromatic heterocycles. The van der Waals surface area contributed by atoms with Crippen LogP contribution in [0.5, 0.6) is 0 Å². The van der Waals surface area contributed by atoms with E-state index in [-0.39, 0.29) is 11.2 Å². The number of anilines is 1. The number of nitrogens with zero attached hydrogens (tertiary/aromatic N) is 5. The summed E-state index contributed by atoms with van der Waals surface area (Å²) in [5, 5.41) is 12.8. The molecule has 2 aromatic carbocycles. The molecule has 6 nitrogen and oxygen atoms in total. The molecule has 138 valence electrons. The monoisotopic (exact) mass is 399 g/mol. The first-order valence-corrected chi connectivity index (χ1v) is 9.99.